The number of nitrogens with zero attached hydrogens (tertiary/aromatic N) is 4. The van der Waals surface area contributed by atoms with Gasteiger partial charge in [-0.3, -0.25) is 24.5 Å². The van der Waals surface area contributed by atoms with Crippen molar-refractivity contribution in [1.29, 1.82) is 0 Å². The lowest BCUT2D eigenvalue weighted by Gasteiger charge is -2.37. The third-order valence-electron chi connectivity index (χ3n) is 10.1. The number of rotatable bonds is 9. The maximum Gasteiger partial charge on any atom is 0.235 e. The molecular weight excluding hydrogens is 618 g/mol. The Morgan fingerprint density at radius 1 is 1.05 bits per heavy atom. The Balaban J connectivity index is 0.941. The molecule has 2 aliphatic heterocycles. The van der Waals surface area contributed by atoms with Crippen LogP contribution in [-0.4, -0.2) is 65.3 Å². The third kappa shape index (κ3) is 6.99. The zero-order valence-electron chi connectivity index (χ0n) is 26.4. The van der Waals surface area contributed by atoms with Gasteiger partial charge < -0.3 is 9.64 Å². The molecule has 0 spiro atoms. The monoisotopic (exact) mass is 663 g/mol. The summed E-state index contributed by atoms with van der Waals surface area (Å²) in [5.74, 6) is 1.75. The van der Waals surface area contributed by atoms with Gasteiger partial charge >= 0.3 is 0 Å². The van der Waals surface area contributed by atoms with Crippen LogP contribution in [0.1, 0.15) is 75.5 Å². The lowest BCUT2D eigenvalue weighted by atomic mass is 9.83. The van der Waals surface area contributed by atoms with Gasteiger partial charge in [0.1, 0.15) is 5.75 Å². The number of piperidine rings is 1. The van der Waals surface area contributed by atoms with Crippen molar-refractivity contribution in [3.05, 3.63) is 52.1 Å². The van der Waals surface area contributed by atoms with E-state index in [2.05, 4.69) is 81.3 Å². The molecule has 3 aromatic rings. The van der Waals surface area contributed by atoms with Gasteiger partial charge in [0.05, 0.1) is 23.2 Å². The molecule has 2 saturated heterocycles. The molecule has 1 aliphatic carbocycles. The van der Waals surface area contributed by atoms with Crippen LogP contribution in [0.15, 0.2) is 40.9 Å². The predicted molar refractivity (Wildman–Crippen MR) is 178 cm³/mol. The number of benzene rings is 2. The number of halogens is 1. The van der Waals surface area contributed by atoms with E-state index < -0.39 is 0 Å². The van der Waals surface area contributed by atoms with E-state index >= 15 is 0 Å². The maximum atomic E-state index is 12.5. The number of aromatic nitrogens is 2. The van der Waals surface area contributed by atoms with Gasteiger partial charge in [-0.25, -0.2) is 0 Å². The lowest BCUT2D eigenvalue weighted by Crippen LogP contribution is -2.47. The van der Waals surface area contributed by atoms with Crippen LogP contribution >= 0.6 is 15.9 Å². The number of hydrogen-bond acceptors (Lipinski definition) is 6. The highest BCUT2D eigenvalue weighted by Gasteiger charge is 2.32. The fraction of sp³-hybridized carbons (Fsp3) is 0.571. The van der Waals surface area contributed by atoms with Crippen LogP contribution in [0.25, 0.3) is 10.9 Å². The van der Waals surface area contributed by atoms with E-state index in [1.165, 1.54) is 43.5 Å². The third-order valence-corrected chi connectivity index (χ3v) is 11.0. The second kappa shape index (κ2) is 13.6. The van der Waals surface area contributed by atoms with Crippen molar-refractivity contribution in [3.63, 3.8) is 0 Å². The van der Waals surface area contributed by atoms with Crippen LogP contribution in [0.2, 0.25) is 0 Å². The Morgan fingerprint density at radius 3 is 2.57 bits per heavy atom. The van der Waals surface area contributed by atoms with E-state index in [4.69, 9.17) is 9.84 Å². The highest BCUT2D eigenvalue weighted by Crippen LogP contribution is 2.35. The lowest BCUT2D eigenvalue weighted by molar-refractivity contribution is -0.134. The van der Waals surface area contributed by atoms with Gasteiger partial charge in [-0.05, 0) is 87.6 Å². The Kier molecular flexibility index (Phi) is 9.62. The summed E-state index contributed by atoms with van der Waals surface area (Å²) in [6.07, 6.45) is 8.73. The van der Waals surface area contributed by atoms with Crippen LogP contribution < -0.4 is 15.0 Å². The van der Waals surface area contributed by atoms with Crippen LogP contribution in [0.4, 0.5) is 5.69 Å². The number of imide groups is 1. The standard InChI is InChI=1S/C35H46BrN5O3/c1-23(7-8-25-9-12-27(13-10-25)44-32-6-4-5-30(36)24(32)2)22-40-17-19-41(20-18-40)26-11-14-28-31(21-26)39(3)38-34(28)29-15-16-33(42)37-35(29)43/h4-6,11,14,21,23,25,27,29H,7-10,12-13,15-20,22H2,1-3H3,(H,37,42,43)/t23-,25-,27-,29?/m1/s1. The van der Waals surface area contributed by atoms with Gasteiger partial charge in [0.25, 0.3) is 0 Å². The fourth-order valence-electron chi connectivity index (χ4n) is 7.36. The Morgan fingerprint density at radius 2 is 1.82 bits per heavy atom. The molecule has 8 nitrogen and oxygen atoms in total. The smallest absolute Gasteiger partial charge is 0.235 e. The van der Waals surface area contributed by atoms with Crippen molar-refractivity contribution in [2.24, 2.45) is 18.9 Å². The summed E-state index contributed by atoms with van der Waals surface area (Å²) in [4.78, 5) is 29.2. The van der Waals surface area contributed by atoms with Gasteiger partial charge in [-0.15, -0.1) is 0 Å². The zero-order valence-corrected chi connectivity index (χ0v) is 27.9. The summed E-state index contributed by atoms with van der Waals surface area (Å²) in [6, 6.07) is 12.7. The minimum atomic E-state index is -0.372. The topological polar surface area (TPSA) is 79.7 Å². The Labute approximate surface area is 269 Å². The van der Waals surface area contributed by atoms with E-state index in [9.17, 15) is 9.59 Å². The largest absolute Gasteiger partial charge is 0.490 e. The molecule has 1 aromatic heterocycles. The number of amides is 2. The van der Waals surface area contributed by atoms with Crippen LogP contribution in [0.3, 0.4) is 0 Å². The molecular formula is C35H46BrN5O3. The second-order valence-corrected chi connectivity index (χ2v) is 14.2. The van der Waals surface area contributed by atoms with Crippen LogP contribution in [0, 0.1) is 18.8 Å². The molecule has 2 aromatic carbocycles. The molecule has 1 N–H and O–H groups in total. The normalized spacial score (nSPS) is 24.0. The predicted octanol–water partition coefficient (Wildman–Crippen LogP) is 6.34. The van der Waals surface area contributed by atoms with E-state index in [1.807, 2.05) is 11.7 Å². The molecule has 3 aliphatic rings. The number of fused-ring (bicyclic) bond motifs is 1. The Bertz CT molecular complexity index is 1490. The van der Waals surface area contributed by atoms with Crippen molar-refractivity contribution in [3.8, 4) is 5.75 Å². The minimum absolute atomic E-state index is 0.196. The summed E-state index contributed by atoms with van der Waals surface area (Å²) in [7, 11) is 1.94. The minimum Gasteiger partial charge on any atom is -0.490 e. The molecule has 6 rings (SSSR count). The van der Waals surface area contributed by atoms with Crippen molar-refractivity contribution < 1.29 is 14.3 Å². The first kappa shape index (κ1) is 31.1. The highest BCUT2D eigenvalue weighted by molar-refractivity contribution is 9.10. The van der Waals surface area contributed by atoms with Gasteiger partial charge in [-0.2, -0.15) is 5.10 Å². The zero-order chi connectivity index (χ0) is 30.8. The summed E-state index contributed by atoms with van der Waals surface area (Å²) >= 11 is 3.62. The molecule has 0 radical (unpaired) electrons. The van der Waals surface area contributed by atoms with Gasteiger partial charge in [0, 0.05) is 67.3 Å². The second-order valence-electron chi connectivity index (χ2n) is 13.3. The number of aryl methyl sites for hydroxylation is 1. The van der Waals surface area contributed by atoms with Crippen molar-refractivity contribution in [2.75, 3.05) is 37.6 Å². The summed E-state index contributed by atoms with van der Waals surface area (Å²) in [5.41, 5.74) is 4.20. The molecule has 236 valence electrons. The van der Waals surface area contributed by atoms with Crippen molar-refractivity contribution >= 4 is 44.3 Å². The van der Waals surface area contributed by atoms with E-state index in [-0.39, 0.29) is 17.7 Å². The fourth-order valence-corrected chi connectivity index (χ4v) is 7.70. The first-order valence-electron chi connectivity index (χ1n) is 16.4. The quantitative estimate of drug-likeness (QED) is 0.269. The Hall–Kier alpha value is -2.91. The average Bonchev–Trinajstić information content (AvgIpc) is 3.34. The molecule has 0 bridgehead atoms. The molecule has 3 fully saturated rings. The maximum absolute atomic E-state index is 12.5. The number of piperazine rings is 1. The summed E-state index contributed by atoms with van der Waals surface area (Å²) < 4.78 is 9.36. The van der Waals surface area contributed by atoms with Crippen molar-refractivity contribution in [2.45, 2.75) is 77.2 Å². The molecule has 44 heavy (non-hydrogen) atoms. The highest BCUT2D eigenvalue weighted by atomic mass is 79.9. The molecule has 1 unspecified atom stereocenters. The number of hydrogen-bond donors (Lipinski definition) is 1. The summed E-state index contributed by atoms with van der Waals surface area (Å²) in [6.45, 7) is 9.89. The van der Waals surface area contributed by atoms with E-state index in [1.54, 1.807) is 0 Å². The molecule has 1 saturated carbocycles. The van der Waals surface area contributed by atoms with Crippen molar-refractivity contribution in [1.82, 2.24) is 20.0 Å². The first-order chi connectivity index (χ1) is 21.2. The number of nitrogens with one attached hydrogen (secondary N) is 1. The molecule has 9 heteroatoms. The van der Waals surface area contributed by atoms with Crippen LogP contribution in [-0.2, 0) is 16.6 Å². The number of ether oxygens (including phenoxy) is 1. The molecule has 3 heterocycles. The first-order valence-corrected chi connectivity index (χ1v) is 17.2. The number of carbonyl (C=O) groups is 2. The summed E-state index contributed by atoms with van der Waals surface area (Å²) in [5, 5.41) is 8.18. The van der Waals surface area contributed by atoms with Crippen LogP contribution in [0.5, 0.6) is 5.75 Å². The van der Waals surface area contributed by atoms with E-state index in [0.717, 1.165) is 71.8 Å². The number of anilines is 1. The van der Waals surface area contributed by atoms with E-state index in [0.29, 0.717) is 24.9 Å². The molecule has 2 atom stereocenters. The number of carbonyl (C=O) groups excluding carboxylic acids is 2. The van der Waals surface area contributed by atoms with Gasteiger partial charge in [0.2, 0.25) is 11.8 Å². The average molecular weight is 665 g/mol. The van der Waals surface area contributed by atoms with Gasteiger partial charge in [0.15, 0.2) is 0 Å². The van der Waals surface area contributed by atoms with Gasteiger partial charge in [-0.1, -0.05) is 35.3 Å². The molecule has 2 amide bonds. The SMILES string of the molecule is Cc1c(Br)cccc1O[C@H]1CC[C@H](CC[C@@H](C)CN2CCN(c3ccc4c(C5CCC(=O)NC5=O)nn(C)c4c3)CC2)CC1.